The van der Waals surface area contributed by atoms with Crippen LogP contribution in [0.3, 0.4) is 0 Å². The van der Waals surface area contributed by atoms with Crippen molar-refractivity contribution in [1.82, 2.24) is 4.90 Å². The molecule has 16 atom stereocenters. The number of likely N-dealkylation sites (N-methyl/N-ethyl adjacent to an activating group) is 1. The van der Waals surface area contributed by atoms with Crippen LogP contribution in [-0.4, -0.2) is 97.5 Å². The van der Waals surface area contributed by atoms with E-state index in [-0.39, 0.29) is 36.8 Å². The molecule has 4 bridgehead atoms. The van der Waals surface area contributed by atoms with Gasteiger partial charge in [0.05, 0.1) is 13.2 Å². The quantitative estimate of drug-likeness (QED) is 0.184. The van der Waals surface area contributed by atoms with Crippen LogP contribution in [0.15, 0.2) is 0 Å². The summed E-state index contributed by atoms with van der Waals surface area (Å²) in [5, 5.41) is 0. The maximum Gasteiger partial charge on any atom is 0.443 e. The van der Waals surface area contributed by atoms with Crippen molar-refractivity contribution in [3.8, 4) is 0 Å². The van der Waals surface area contributed by atoms with E-state index >= 15 is 26.3 Å². The van der Waals surface area contributed by atoms with Crippen LogP contribution < -0.4 is 0 Å². The Morgan fingerprint density at radius 3 is 1.31 bits per heavy atom. The zero-order valence-corrected chi connectivity index (χ0v) is 32.1. The summed E-state index contributed by atoms with van der Waals surface area (Å²) in [4.78, 5) is 25.1. The fraction of sp³-hybridized carbons (Fsp3) is 1.00. The maximum absolute atomic E-state index is 15.2. The van der Waals surface area contributed by atoms with Crippen molar-refractivity contribution in [2.45, 2.75) is 152 Å². The van der Waals surface area contributed by atoms with Crippen LogP contribution in [0.1, 0.15) is 92.9 Å². The van der Waals surface area contributed by atoms with Crippen LogP contribution in [0.5, 0.6) is 0 Å². The third-order valence-electron chi connectivity index (χ3n) is 14.9. The van der Waals surface area contributed by atoms with E-state index in [2.05, 4.69) is 13.8 Å². The minimum atomic E-state index is -4.95. The van der Waals surface area contributed by atoms with Crippen molar-refractivity contribution in [2.75, 3.05) is 33.4 Å². The lowest BCUT2D eigenvalue weighted by Gasteiger charge is -2.63. The standard InChI is InChI=1S/C37H55F6NO10/c1-20-8-10-26-22(3)34(36(38,39)40,49-28-32(26)24(20)12-14-30(5,47-28)51-53-32)45-18-16-44(7)17-19-46-35(37(41,42)43)23(4)27-11-9-21(2)25-13-15-31(6)48-29(50-35)33(25,27)54-52-31/h20-29H,8-19H2,1-7H3/t20-,21-,22-,23-,24-,25-,26-,27-,28+,29+,30-,31-,32-,33-,34-,35-/m0/s1. The normalized spacial score (nSPS) is 52.8. The highest BCUT2D eigenvalue weighted by Gasteiger charge is 2.79. The molecule has 8 heterocycles. The van der Waals surface area contributed by atoms with E-state index in [9.17, 15) is 0 Å². The molecule has 10 fully saturated rings. The lowest BCUT2D eigenvalue weighted by atomic mass is 9.57. The molecular formula is C37H55F6NO10. The molecular weight excluding hydrogens is 732 g/mol. The molecule has 10 aliphatic rings. The van der Waals surface area contributed by atoms with Crippen LogP contribution in [0.4, 0.5) is 26.3 Å². The Labute approximate surface area is 312 Å². The molecule has 0 unspecified atom stereocenters. The SMILES string of the molecule is C[C@H]1CC[C@H]2[C@H](C)[C@@](OCCN(C)CCO[C@]3(C(F)(F)F)O[C@H]4O[C@]5(C)CC[C@H]6[C@@H](C)CC[C@@H]([C@@H]3C)[C@]46OO5)(C(F)(F)F)O[C@H]3O[C@]4(C)CC[C@@H]1[C@@]32OO4. The fourth-order valence-electron chi connectivity index (χ4n) is 11.8. The molecule has 10 rings (SSSR count). The molecule has 0 aromatic rings. The van der Waals surface area contributed by atoms with Crippen LogP contribution in [0.25, 0.3) is 0 Å². The first kappa shape index (κ1) is 39.9. The number of nitrogens with zero attached hydrogens (tertiary/aromatic N) is 1. The van der Waals surface area contributed by atoms with E-state index in [1.54, 1.807) is 25.8 Å². The van der Waals surface area contributed by atoms with Gasteiger partial charge in [0, 0.05) is 49.6 Å². The fourth-order valence-corrected chi connectivity index (χ4v) is 11.8. The summed E-state index contributed by atoms with van der Waals surface area (Å²) >= 11 is 0. The Morgan fingerprint density at radius 1 is 0.556 bits per heavy atom. The molecule has 54 heavy (non-hydrogen) atoms. The van der Waals surface area contributed by atoms with Crippen molar-refractivity contribution in [1.29, 1.82) is 0 Å². The smallest absolute Gasteiger partial charge is 0.341 e. The van der Waals surface area contributed by atoms with Gasteiger partial charge in [0.25, 0.3) is 11.6 Å². The monoisotopic (exact) mass is 787 g/mol. The lowest BCUT2D eigenvalue weighted by Crippen LogP contribution is -2.76. The summed E-state index contributed by atoms with van der Waals surface area (Å²) in [6, 6.07) is 0. The Balaban J connectivity index is 0.958. The average Bonchev–Trinajstić information content (AvgIpc) is 3.46. The van der Waals surface area contributed by atoms with Crippen molar-refractivity contribution in [2.24, 2.45) is 47.3 Å². The molecule has 2 aliphatic carbocycles. The Hall–Kier alpha value is -0.860. The van der Waals surface area contributed by atoms with Crippen LogP contribution in [0.2, 0.25) is 0 Å². The van der Waals surface area contributed by atoms with Gasteiger partial charge in [0.15, 0.2) is 23.8 Å². The zero-order chi connectivity index (χ0) is 38.9. The molecule has 310 valence electrons. The largest absolute Gasteiger partial charge is 0.443 e. The van der Waals surface area contributed by atoms with Gasteiger partial charge in [0.1, 0.15) is 0 Å². The summed E-state index contributed by atoms with van der Waals surface area (Å²) in [6.07, 6.45) is -8.18. The Morgan fingerprint density at radius 2 is 0.944 bits per heavy atom. The zero-order valence-electron chi connectivity index (χ0n) is 32.1. The van der Waals surface area contributed by atoms with Gasteiger partial charge < -0.3 is 33.3 Å². The minimum Gasteiger partial charge on any atom is -0.341 e. The molecule has 0 radical (unpaired) electrons. The van der Waals surface area contributed by atoms with Gasteiger partial charge in [-0.3, -0.25) is 0 Å². The molecule has 0 amide bonds. The lowest BCUT2D eigenvalue weighted by molar-refractivity contribution is -0.599. The first-order chi connectivity index (χ1) is 25.2. The maximum atomic E-state index is 15.2. The number of rotatable bonds is 8. The molecule has 11 nitrogen and oxygen atoms in total. The highest BCUT2D eigenvalue weighted by Crippen LogP contribution is 2.66. The Bertz CT molecular complexity index is 1330. The summed E-state index contributed by atoms with van der Waals surface area (Å²) < 4.78 is 127. The first-order valence-electron chi connectivity index (χ1n) is 19.7. The van der Waals surface area contributed by atoms with Crippen molar-refractivity contribution < 1.29 is 74.3 Å². The number of fused-ring (bicyclic) bond motifs is 4. The molecule has 2 spiro atoms. The molecule has 8 saturated heterocycles. The molecule has 17 heteroatoms. The van der Waals surface area contributed by atoms with Crippen LogP contribution >= 0.6 is 0 Å². The number of halogens is 6. The van der Waals surface area contributed by atoms with Crippen LogP contribution in [0, 0.1) is 47.3 Å². The van der Waals surface area contributed by atoms with Gasteiger partial charge in [-0.05, 0) is 83.1 Å². The van der Waals surface area contributed by atoms with Gasteiger partial charge >= 0.3 is 12.4 Å². The summed E-state index contributed by atoms with van der Waals surface area (Å²) in [5.74, 6) is -12.2. The van der Waals surface area contributed by atoms with E-state index in [4.69, 9.17) is 48.0 Å². The highest BCUT2D eigenvalue weighted by atomic mass is 19.4. The first-order valence-corrected chi connectivity index (χ1v) is 19.7. The predicted molar refractivity (Wildman–Crippen MR) is 173 cm³/mol. The van der Waals surface area contributed by atoms with E-state index in [1.807, 2.05) is 0 Å². The van der Waals surface area contributed by atoms with Gasteiger partial charge in [-0.15, -0.1) is 0 Å². The second-order valence-corrected chi connectivity index (χ2v) is 18.0. The number of ether oxygens (including phenoxy) is 6. The second kappa shape index (κ2) is 13.1. The summed E-state index contributed by atoms with van der Waals surface area (Å²) in [6.45, 7) is 9.35. The van der Waals surface area contributed by atoms with Crippen LogP contribution in [-0.2, 0) is 48.0 Å². The molecule has 0 aromatic carbocycles. The number of hydrogen-bond donors (Lipinski definition) is 0. The van der Waals surface area contributed by atoms with Crippen molar-refractivity contribution in [3.63, 3.8) is 0 Å². The predicted octanol–water partition coefficient (Wildman–Crippen LogP) is 7.23. The van der Waals surface area contributed by atoms with E-state index < -0.39 is 96.2 Å². The molecule has 0 N–H and O–H groups in total. The van der Waals surface area contributed by atoms with E-state index in [1.165, 1.54) is 13.8 Å². The molecule has 2 saturated carbocycles. The van der Waals surface area contributed by atoms with Gasteiger partial charge in [0.2, 0.25) is 11.6 Å². The second-order valence-electron chi connectivity index (χ2n) is 18.0. The topological polar surface area (TPSA) is 95.5 Å². The van der Waals surface area contributed by atoms with E-state index in [0.717, 1.165) is 0 Å². The van der Waals surface area contributed by atoms with Gasteiger partial charge in [-0.2, -0.15) is 26.3 Å². The summed E-state index contributed by atoms with van der Waals surface area (Å²) in [5.41, 5.74) is -2.44. The Kier molecular flexibility index (Phi) is 9.67. The third kappa shape index (κ3) is 5.63. The summed E-state index contributed by atoms with van der Waals surface area (Å²) in [7, 11) is 1.58. The number of alkyl halides is 6. The van der Waals surface area contributed by atoms with Gasteiger partial charge in [-0.25, -0.2) is 19.6 Å². The minimum absolute atomic E-state index is 0.0639. The van der Waals surface area contributed by atoms with Gasteiger partial charge in [-0.1, -0.05) is 27.7 Å². The third-order valence-corrected chi connectivity index (χ3v) is 14.9. The number of hydrogen-bond acceptors (Lipinski definition) is 11. The average molecular weight is 788 g/mol. The van der Waals surface area contributed by atoms with Crippen molar-refractivity contribution >= 4 is 0 Å². The highest BCUT2D eigenvalue weighted by molar-refractivity contribution is 5.14. The molecule has 8 aliphatic heterocycles. The molecule has 0 aromatic heterocycles. The van der Waals surface area contributed by atoms with Crippen molar-refractivity contribution in [3.05, 3.63) is 0 Å². The van der Waals surface area contributed by atoms with E-state index in [0.29, 0.717) is 51.4 Å².